The molecule has 7 nitrogen and oxygen atoms in total. The Hall–Kier alpha value is -3.66. The van der Waals surface area contributed by atoms with Crippen LogP contribution in [0.15, 0.2) is 54.6 Å². The molecule has 1 aliphatic heterocycles. The zero-order valence-corrected chi connectivity index (χ0v) is 16.8. The lowest BCUT2D eigenvalue weighted by atomic mass is 9.72. The van der Waals surface area contributed by atoms with Crippen molar-refractivity contribution in [3.05, 3.63) is 65.7 Å². The van der Waals surface area contributed by atoms with Crippen LogP contribution in [0.4, 0.5) is 5.69 Å². The topological polar surface area (TPSA) is 99.5 Å². The van der Waals surface area contributed by atoms with Gasteiger partial charge in [-0.3, -0.25) is 14.4 Å². The monoisotopic (exact) mass is 405 g/mol. The molecule has 0 saturated carbocycles. The van der Waals surface area contributed by atoms with Gasteiger partial charge in [-0.15, -0.1) is 0 Å². The summed E-state index contributed by atoms with van der Waals surface area (Å²) in [6.07, 6.45) is 0.850. The third kappa shape index (κ3) is 4.49. The molecule has 1 heterocycles. The Bertz CT molecular complexity index is 973. The maximum absolute atomic E-state index is 13.1. The van der Waals surface area contributed by atoms with E-state index in [1.807, 2.05) is 36.4 Å². The second-order valence-corrected chi connectivity index (χ2v) is 7.24. The number of esters is 1. The maximum Gasteiger partial charge on any atom is 0.317 e. The van der Waals surface area contributed by atoms with Crippen LogP contribution in [0.5, 0.6) is 0 Å². The number of hydrogen-bond donors (Lipinski definition) is 1. The number of nitriles is 1. The number of carbonyl (C=O) groups excluding carboxylic acids is 3. The number of nitrogens with one attached hydrogen (secondary N) is 1. The lowest BCUT2D eigenvalue weighted by molar-refractivity contribution is -0.156. The Morgan fingerprint density at radius 3 is 2.33 bits per heavy atom. The van der Waals surface area contributed by atoms with Crippen LogP contribution in [0.2, 0.25) is 0 Å². The van der Waals surface area contributed by atoms with Crippen molar-refractivity contribution in [3.63, 3.8) is 0 Å². The summed E-state index contributed by atoms with van der Waals surface area (Å²) in [4.78, 5) is 38.8. The van der Waals surface area contributed by atoms with E-state index in [1.165, 1.54) is 6.92 Å². The molecule has 7 heteroatoms. The van der Waals surface area contributed by atoms with E-state index in [1.54, 1.807) is 29.2 Å². The Balaban J connectivity index is 1.71. The van der Waals surface area contributed by atoms with E-state index in [0.29, 0.717) is 37.2 Å². The van der Waals surface area contributed by atoms with Crippen LogP contribution in [0.25, 0.3) is 0 Å². The molecular formula is C23H23N3O4. The number of amides is 2. The molecule has 0 aliphatic carbocycles. The van der Waals surface area contributed by atoms with E-state index < -0.39 is 23.9 Å². The zero-order valence-electron chi connectivity index (χ0n) is 16.8. The summed E-state index contributed by atoms with van der Waals surface area (Å²) >= 11 is 0. The van der Waals surface area contributed by atoms with Crippen molar-refractivity contribution >= 4 is 23.5 Å². The fourth-order valence-electron chi connectivity index (χ4n) is 3.72. The number of carbonyl (C=O) groups is 3. The first kappa shape index (κ1) is 21.1. The molecule has 154 valence electrons. The van der Waals surface area contributed by atoms with Gasteiger partial charge in [-0.2, -0.15) is 5.26 Å². The molecular weight excluding hydrogens is 382 g/mol. The molecule has 2 amide bonds. The predicted molar refractivity (Wildman–Crippen MR) is 110 cm³/mol. The summed E-state index contributed by atoms with van der Waals surface area (Å²) < 4.78 is 5.41. The first-order chi connectivity index (χ1) is 14.5. The summed E-state index contributed by atoms with van der Waals surface area (Å²) in [6, 6.07) is 17.9. The van der Waals surface area contributed by atoms with Crippen molar-refractivity contribution in [2.75, 3.05) is 25.0 Å². The second kappa shape index (κ2) is 9.23. The lowest BCUT2D eigenvalue weighted by Gasteiger charge is -2.40. The Labute approximate surface area is 175 Å². The number of nitrogens with zero attached hydrogens (tertiary/aromatic N) is 2. The summed E-state index contributed by atoms with van der Waals surface area (Å²) in [5, 5.41) is 11.7. The summed E-state index contributed by atoms with van der Waals surface area (Å²) in [6.45, 7) is 1.95. The van der Waals surface area contributed by atoms with Gasteiger partial charge in [0.25, 0.3) is 5.91 Å². The molecule has 0 spiro atoms. The van der Waals surface area contributed by atoms with Crippen molar-refractivity contribution in [1.29, 1.82) is 5.26 Å². The third-order valence-corrected chi connectivity index (χ3v) is 5.44. The lowest BCUT2D eigenvalue weighted by Crippen LogP contribution is -2.49. The minimum Gasteiger partial charge on any atom is -0.455 e. The van der Waals surface area contributed by atoms with Crippen molar-refractivity contribution in [3.8, 4) is 6.07 Å². The Morgan fingerprint density at radius 1 is 1.07 bits per heavy atom. The van der Waals surface area contributed by atoms with Gasteiger partial charge < -0.3 is 15.0 Å². The van der Waals surface area contributed by atoms with Gasteiger partial charge in [0.05, 0.1) is 16.7 Å². The number of likely N-dealkylation sites (tertiary alicyclic amines) is 1. The van der Waals surface area contributed by atoms with Crippen molar-refractivity contribution in [2.24, 2.45) is 0 Å². The smallest absolute Gasteiger partial charge is 0.317 e. The van der Waals surface area contributed by atoms with Gasteiger partial charge in [0.2, 0.25) is 5.91 Å². The van der Waals surface area contributed by atoms with Crippen molar-refractivity contribution < 1.29 is 19.1 Å². The maximum atomic E-state index is 13.1. The van der Waals surface area contributed by atoms with Gasteiger partial charge in [-0.1, -0.05) is 42.5 Å². The molecule has 0 radical (unpaired) electrons. The molecule has 3 rings (SSSR count). The van der Waals surface area contributed by atoms with Gasteiger partial charge in [-0.05, 0) is 30.5 Å². The highest BCUT2D eigenvalue weighted by molar-refractivity contribution is 5.95. The van der Waals surface area contributed by atoms with E-state index in [0.717, 1.165) is 5.56 Å². The molecule has 1 N–H and O–H groups in total. The highest BCUT2D eigenvalue weighted by atomic mass is 16.5. The highest BCUT2D eigenvalue weighted by Gasteiger charge is 2.44. The van der Waals surface area contributed by atoms with Crippen LogP contribution >= 0.6 is 0 Å². The van der Waals surface area contributed by atoms with E-state index in [9.17, 15) is 14.4 Å². The minimum absolute atomic E-state index is 0.0273. The van der Waals surface area contributed by atoms with Crippen LogP contribution in [0.1, 0.15) is 30.9 Å². The van der Waals surface area contributed by atoms with Gasteiger partial charge in [-0.25, -0.2) is 0 Å². The van der Waals surface area contributed by atoms with Crippen LogP contribution < -0.4 is 5.32 Å². The van der Waals surface area contributed by atoms with Gasteiger partial charge in [0.1, 0.15) is 6.07 Å². The number of hydrogen-bond acceptors (Lipinski definition) is 5. The van der Waals surface area contributed by atoms with Crippen LogP contribution in [0, 0.1) is 11.3 Å². The average Bonchev–Trinajstić information content (AvgIpc) is 2.78. The molecule has 2 aromatic carbocycles. The summed E-state index contributed by atoms with van der Waals surface area (Å²) in [7, 11) is 0. The molecule has 1 fully saturated rings. The molecule has 1 aliphatic rings. The quantitative estimate of drug-likeness (QED) is 0.771. The number of rotatable bonds is 5. The predicted octanol–water partition coefficient (Wildman–Crippen LogP) is 2.62. The standard InChI is InChI=1S/C23H23N3O4/c1-17(27)26-13-11-23(12-14-26,19-8-3-2-4-9-19)22(29)30-16-21(28)25-20-10-6-5-7-18(20)15-24/h2-10H,11-14,16H2,1H3,(H,25,28). The fourth-order valence-corrected chi connectivity index (χ4v) is 3.72. The van der Waals surface area contributed by atoms with E-state index >= 15 is 0 Å². The van der Waals surface area contributed by atoms with E-state index in [-0.39, 0.29) is 5.91 Å². The summed E-state index contributed by atoms with van der Waals surface area (Å²) in [5.41, 5.74) is 0.606. The molecule has 0 bridgehead atoms. The third-order valence-electron chi connectivity index (χ3n) is 5.44. The van der Waals surface area contributed by atoms with E-state index in [2.05, 4.69) is 5.32 Å². The largest absolute Gasteiger partial charge is 0.455 e. The van der Waals surface area contributed by atoms with E-state index in [4.69, 9.17) is 10.00 Å². The molecule has 0 aromatic heterocycles. The molecule has 1 saturated heterocycles. The summed E-state index contributed by atoms with van der Waals surface area (Å²) in [5.74, 6) is -1.03. The first-order valence-electron chi connectivity index (χ1n) is 9.73. The van der Waals surface area contributed by atoms with Crippen LogP contribution in [-0.2, 0) is 24.5 Å². The van der Waals surface area contributed by atoms with Crippen LogP contribution in [0.3, 0.4) is 0 Å². The average molecular weight is 405 g/mol. The van der Waals surface area contributed by atoms with Crippen LogP contribution in [-0.4, -0.2) is 42.4 Å². The molecule has 0 atom stereocenters. The number of para-hydroxylation sites is 1. The zero-order chi connectivity index (χ0) is 21.6. The number of ether oxygens (including phenoxy) is 1. The van der Waals surface area contributed by atoms with Gasteiger partial charge >= 0.3 is 5.97 Å². The molecule has 2 aromatic rings. The second-order valence-electron chi connectivity index (χ2n) is 7.24. The van der Waals surface area contributed by atoms with Gasteiger partial charge in [0, 0.05) is 20.0 Å². The van der Waals surface area contributed by atoms with Crippen molar-refractivity contribution in [2.45, 2.75) is 25.2 Å². The number of benzene rings is 2. The normalized spacial score (nSPS) is 15.0. The van der Waals surface area contributed by atoms with Gasteiger partial charge in [0.15, 0.2) is 6.61 Å². The minimum atomic E-state index is -0.905. The molecule has 0 unspecified atom stereocenters. The first-order valence-corrected chi connectivity index (χ1v) is 9.73. The fraction of sp³-hybridized carbons (Fsp3) is 0.304. The molecule has 30 heavy (non-hydrogen) atoms. The number of piperidine rings is 1. The Kier molecular flexibility index (Phi) is 6.48. The SMILES string of the molecule is CC(=O)N1CCC(C(=O)OCC(=O)Nc2ccccc2C#N)(c2ccccc2)CC1. The van der Waals surface area contributed by atoms with Crippen molar-refractivity contribution in [1.82, 2.24) is 4.90 Å². The number of anilines is 1. The Morgan fingerprint density at radius 2 is 1.70 bits per heavy atom. The highest BCUT2D eigenvalue weighted by Crippen LogP contribution is 2.37.